The number of halogens is 1. The molecule has 0 amide bonds. The zero-order chi connectivity index (χ0) is 13.1. The number of hydrogen-bond donors (Lipinski definition) is 1. The number of aryl methyl sites for hydroxylation is 1. The van der Waals surface area contributed by atoms with Crippen LogP contribution < -0.4 is 10.1 Å². The van der Waals surface area contributed by atoms with E-state index >= 15 is 0 Å². The third kappa shape index (κ3) is 2.97. The van der Waals surface area contributed by atoms with E-state index in [2.05, 4.69) is 47.8 Å². The van der Waals surface area contributed by atoms with Gasteiger partial charge in [-0.25, -0.2) is 0 Å². The van der Waals surface area contributed by atoms with Crippen molar-refractivity contribution in [1.82, 2.24) is 5.32 Å². The highest BCUT2D eigenvalue weighted by molar-refractivity contribution is 5.85. The fourth-order valence-electron chi connectivity index (χ4n) is 2.68. The highest BCUT2D eigenvalue weighted by Crippen LogP contribution is 2.37. The summed E-state index contributed by atoms with van der Waals surface area (Å²) in [4.78, 5) is 0. The molecule has 0 unspecified atom stereocenters. The summed E-state index contributed by atoms with van der Waals surface area (Å²) >= 11 is 0. The van der Waals surface area contributed by atoms with E-state index in [-0.39, 0.29) is 18.5 Å². The molecule has 20 heavy (non-hydrogen) atoms. The second-order valence-corrected chi connectivity index (χ2v) is 5.00. The van der Waals surface area contributed by atoms with Crippen LogP contribution in [0.15, 0.2) is 48.5 Å². The molecule has 0 spiro atoms. The van der Waals surface area contributed by atoms with Crippen LogP contribution in [0.5, 0.6) is 5.75 Å². The molecule has 3 rings (SSSR count). The van der Waals surface area contributed by atoms with Gasteiger partial charge < -0.3 is 10.1 Å². The second kappa shape index (κ2) is 6.78. The van der Waals surface area contributed by atoms with Gasteiger partial charge in [-0.1, -0.05) is 48.5 Å². The Labute approximate surface area is 126 Å². The van der Waals surface area contributed by atoms with Crippen molar-refractivity contribution in [3.8, 4) is 16.9 Å². The first-order chi connectivity index (χ1) is 9.38. The Morgan fingerprint density at radius 3 is 2.65 bits per heavy atom. The van der Waals surface area contributed by atoms with Gasteiger partial charge in [0.15, 0.2) is 0 Å². The molecule has 1 heterocycles. The van der Waals surface area contributed by atoms with Gasteiger partial charge in [0, 0.05) is 12.1 Å². The van der Waals surface area contributed by atoms with E-state index in [4.69, 9.17) is 4.74 Å². The highest BCUT2D eigenvalue weighted by atomic mass is 35.5. The average Bonchev–Trinajstić information content (AvgIpc) is 2.48. The Morgan fingerprint density at radius 1 is 1.10 bits per heavy atom. The van der Waals surface area contributed by atoms with Crippen molar-refractivity contribution in [1.29, 1.82) is 0 Å². The zero-order valence-electron chi connectivity index (χ0n) is 11.6. The molecule has 0 fully saturated rings. The molecule has 0 saturated heterocycles. The van der Waals surface area contributed by atoms with E-state index in [1.807, 2.05) is 13.1 Å². The lowest BCUT2D eigenvalue weighted by molar-refractivity contribution is 0.174. The maximum Gasteiger partial charge on any atom is 0.130 e. The summed E-state index contributed by atoms with van der Waals surface area (Å²) in [5, 5.41) is 3.20. The minimum Gasteiger partial charge on any atom is -0.488 e. The summed E-state index contributed by atoms with van der Waals surface area (Å²) < 4.78 is 6.20. The first-order valence-electron chi connectivity index (χ1n) is 6.87. The van der Waals surface area contributed by atoms with Crippen molar-refractivity contribution in [3.63, 3.8) is 0 Å². The normalized spacial score (nSPS) is 16.8. The lowest BCUT2D eigenvalue weighted by atomic mass is 9.95. The molecule has 0 radical (unpaired) electrons. The minimum atomic E-state index is 0. The number of likely N-dealkylation sites (N-methyl/N-ethyl adjacent to an activating group) is 1. The lowest BCUT2D eigenvalue weighted by Gasteiger charge is -2.28. The number of ether oxygens (including phenoxy) is 1. The first kappa shape index (κ1) is 14.9. The first-order valence-corrected chi connectivity index (χ1v) is 6.87. The van der Waals surface area contributed by atoms with Crippen molar-refractivity contribution in [3.05, 3.63) is 54.1 Å². The van der Waals surface area contributed by atoms with Crippen LogP contribution in [0.25, 0.3) is 11.1 Å². The van der Waals surface area contributed by atoms with E-state index in [1.54, 1.807) is 0 Å². The standard InChI is InChI=1S/C17H19NO.ClH/c1-18-12-15-11-10-14-8-5-9-16(17(14)19-15)13-6-3-2-4-7-13;/h2-9,15,18H,10-12H2,1H3;1H/t15-;/m1./s1. The van der Waals surface area contributed by atoms with E-state index in [0.29, 0.717) is 0 Å². The van der Waals surface area contributed by atoms with Gasteiger partial charge in [-0.2, -0.15) is 0 Å². The van der Waals surface area contributed by atoms with E-state index in [1.165, 1.54) is 16.7 Å². The van der Waals surface area contributed by atoms with Crippen molar-refractivity contribution < 1.29 is 4.74 Å². The van der Waals surface area contributed by atoms with Crippen molar-refractivity contribution in [2.45, 2.75) is 18.9 Å². The predicted molar refractivity (Wildman–Crippen MR) is 85.8 cm³/mol. The lowest BCUT2D eigenvalue weighted by Crippen LogP contribution is -2.32. The Bertz CT molecular complexity index is 556. The average molecular weight is 290 g/mol. The number of fused-ring (bicyclic) bond motifs is 1. The smallest absolute Gasteiger partial charge is 0.130 e. The fourth-order valence-corrected chi connectivity index (χ4v) is 2.68. The van der Waals surface area contributed by atoms with Crippen LogP contribution in [0, 0.1) is 0 Å². The van der Waals surface area contributed by atoms with Crippen molar-refractivity contribution in [2.24, 2.45) is 0 Å². The molecule has 0 aromatic heterocycles. The molecular weight excluding hydrogens is 270 g/mol. The highest BCUT2D eigenvalue weighted by Gasteiger charge is 2.21. The van der Waals surface area contributed by atoms with Crippen molar-refractivity contribution in [2.75, 3.05) is 13.6 Å². The molecule has 0 aliphatic carbocycles. The van der Waals surface area contributed by atoms with Crippen LogP contribution in [0.2, 0.25) is 0 Å². The molecule has 106 valence electrons. The van der Waals surface area contributed by atoms with Crippen LogP contribution in [0.4, 0.5) is 0 Å². The van der Waals surface area contributed by atoms with Crippen LogP contribution >= 0.6 is 12.4 Å². The van der Waals surface area contributed by atoms with Crippen LogP contribution in [-0.4, -0.2) is 19.7 Å². The summed E-state index contributed by atoms with van der Waals surface area (Å²) in [6, 6.07) is 16.9. The number of para-hydroxylation sites is 1. The molecule has 2 aromatic carbocycles. The molecule has 1 aliphatic heterocycles. The summed E-state index contributed by atoms with van der Waals surface area (Å²) in [5.74, 6) is 1.07. The van der Waals surface area contributed by atoms with Crippen LogP contribution in [0.1, 0.15) is 12.0 Å². The summed E-state index contributed by atoms with van der Waals surface area (Å²) in [7, 11) is 1.97. The van der Waals surface area contributed by atoms with Gasteiger partial charge in [-0.3, -0.25) is 0 Å². The summed E-state index contributed by atoms with van der Waals surface area (Å²) in [6.45, 7) is 0.905. The predicted octanol–water partition coefficient (Wildman–Crippen LogP) is 3.69. The van der Waals surface area contributed by atoms with Gasteiger partial charge in [0.25, 0.3) is 0 Å². The van der Waals surface area contributed by atoms with Crippen molar-refractivity contribution >= 4 is 12.4 Å². The van der Waals surface area contributed by atoms with E-state index in [0.717, 1.165) is 25.1 Å². The van der Waals surface area contributed by atoms with Gasteiger partial charge >= 0.3 is 0 Å². The minimum absolute atomic E-state index is 0. The number of rotatable bonds is 3. The molecule has 1 atom stereocenters. The van der Waals surface area contributed by atoms with Crippen LogP contribution in [-0.2, 0) is 6.42 Å². The second-order valence-electron chi connectivity index (χ2n) is 5.00. The Morgan fingerprint density at radius 2 is 1.90 bits per heavy atom. The third-order valence-corrected chi connectivity index (χ3v) is 3.63. The van der Waals surface area contributed by atoms with E-state index in [9.17, 15) is 0 Å². The number of benzene rings is 2. The fraction of sp³-hybridized carbons (Fsp3) is 0.294. The molecular formula is C17H20ClNO. The number of hydrogen-bond acceptors (Lipinski definition) is 2. The molecule has 3 heteroatoms. The molecule has 1 N–H and O–H groups in total. The van der Waals surface area contributed by atoms with E-state index < -0.39 is 0 Å². The van der Waals surface area contributed by atoms with Gasteiger partial charge in [-0.05, 0) is 31.0 Å². The Hall–Kier alpha value is -1.51. The molecule has 0 saturated carbocycles. The molecule has 0 bridgehead atoms. The van der Waals surface area contributed by atoms with Gasteiger partial charge in [0.2, 0.25) is 0 Å². The Balaban J connectivity index is 0.00000147. The number of nitrogens with one attached hydrogen (secondary N) is 1. The summed E-state index contributed by atoms with van der Waals surface area (Å²) in [5.41, 5.74) is 3.76. The topological polar surface area (TPSA) is 21.3 Å². The zero-order valence-corrected chi connectivity index (χ0v) is 12.5. The van der Waals surface area contributed by atoms with Gasteiger partial charge in [0.1, 0.15) is 11.9 Å². The third-order valence-electron chi connectivity index (χ3n) is 3.63. The SMILES string of the molecule is CNC[C@H]1CCc2cccc(-c3ccccc3)c2O1.Cl. The van der Waals surface area contributed by atoms with Crippen LogP contribution in [0.3, 0.4) is 0 Å². The largest absolute Gasteiger partial charge is 0.488 e. The summed E-state index contributed by atoms with van der Waals surface area (Å²) in [6.07, 6.45) is 2.47. The Kier molecular flexibility index (Phi) is 5.05. The molecule has 2 aromatic rings. The maximum absolute atomic E-state index is 6.20. The quantitative estimate of drug-likeness (QED) is 0.930. The molecule has 1 aliphatic rings. The molecule has 2 nitrogen and oxygen atoms in total. The van der Waals surface area contributed by atoms with Gasteiger partial charge in [0.05, 0.1) is 0 Å². The monoisotopic (exact) mass is 289 g/mol. The maximum atomic E-state index is 6.20. The van der Waals surface area contributed by atoms with Gasteiger partial charge in [-0.15, -0.1) is 12.4 Å².